The van der Waals surface area contributed by atoms with Crippen LogP contribution in [0.15, 0.2) is 0 Å². The molecule has 124 valence electrons. The topological polar surface area (TPSA) is 207 Å². The normalized spacial score (nSPS) is 8.83. The van der Waals surface area contributed by atoms with Crippen molar-refractivity contribution in [2.45, 2.75) is 19.8 Å². The minimum absolute atomic E-state index is 0. The summed E-state index contributed by atoms with van der Waals surface area (Å²) < 4.78 is 16.6. The van der Waals surface area contributed by atoms with Crippen molar-refractivity contribution in [2.24, 2.45) is 5.73 Å². The summed E-state index contributed by atoms with van der Waals surface area (Å²) in [6.07, 6.45) is 1.76. The van der Waals surface area contributed by atoms with Gasteiger partial charge in [0.15, 0.2) is 0 Å². The van der Waals surface area contributed by atoms with Crippen LogP contribution in [0, 0.1) is 0 Å². The number of carboxylic acid groups (broad SMARTS) is 1. The second-order valence-electron chi connectivity index (χ2n) is 2.53. The summed E-state index contributed by atoms with van der Waals surface area (Å²) in [5, 5.41) is 19.3. The number of aliphatic carboxylic acids is 1. The predicted molar refractivity (Wildman–Crippen MR) is 77.5 cm³/mol. The quantitative estimate of drug-likeness (QED) is 0.281. The molecule has 1 rings (SSSR count). The molecule has 0 saturated carbocycles. The van der Waals surface area contributed by atoms with E-state index >= 15 is 0 Å². The van der Waals surface area contributed by atoms with Gasteiger partial charge in [-0.05, 0) is 13.3 Å². The van der Waals surface area contributed by atoms with E-state index in [1.54, 1.807) is 0 Å². The molecule has 1 aliphatic rings. The molecule has 0 aliphatic carbocycles. The molecule has 0 aromatic rings. The van der Waals surface area contributed by atoms with E-state index in [9.17, 15) is 4.79 Å². The van der Waals surface area contributed by atoms with E-state index in [0.717, 1.165) is 26.3 Å². The second kappa shape index (κ2) is 56.5. The molecule has 0 atom stereocenters. The van der Waals surface area contributed by atoms with E-state index in [1.165, 1.54) is 0 Å². The van der Waals surface area contributed by atoms with E-state index in [1.807, 2.05) is 6.79 Å². The number of nitrogens with one attached hydrogen (secondary N) is 1. The molecule has 0 radical (unpaired) electrons. The predicted octanol–water partition coefficient (Wildman–Crippen LogP) is -6.49. The molecule has 1 heterocycles. The molecule has 1 saturated heterocycles. The first kappa shape index (κ1) is 49.8. The van der Waals surface area contributed by atoms with E-state index < -0.39 is 18.3 Å². The summed E-state index contributed by atoms with van der Waals surface area (Å²) in [4.78, 5) is 27.0. The van der Waals surface area contributed by atoms with E-state index in [-0.39, 0.29) is 108 Å². The van der Waals surface area contributed by atoms with E-state index in [0.29, 0.717) is 6.54 Å². The fraction of sp³-hybridized carbons (Fsp3) is 0.667. The molecule has 1 aliphatic heterocycles. The Morgan fingerprint density at radius 2 is 1.70 bits per heavy atom. The Bertz CT molecular complexity index is 200. The second-order valence-corrected chi connectivity index (χ2v) is 2.66. The summed E-state index contributed by atoms with van der Waals surface area (Å²) in [6, 6.07) is 0. The van der Waals surface area contributed by atoms with Crippen molar-refractivity contribution in [1.82, 2.24) is 5.32 Å². The van der Waals surface area contributed by atoms with Gasteiger partial charge in [-0.2, -0.15) is 0 Å². The van der Waals surface area contributed by atoms with Gasteiger partial charge in [-0.1, -0.05) is 0 Å². The van der Waals surface area contributed by atoms with Gasteiger partial charge in [-0.15, -0.1) is 0 Å². The van der Waals surface area contributed by atoms with Crippen LogP contribution in [0.1, 0.15) is 19.8 Å². The monoisotopic (exact) mass is 402 g/mol. The van der Waals surface area contributed by atoms with Crippen LogP contribution in [-0.2, 0) is 19.9 Å². The summed E-state index contributed by atoms with van der Waals surface area (Å²) in [5.41, 5.74) is 4.78. The summed E-state index contributed by atoms with van der Waals surface area (Å²) in [5.74, 6) is -0.880. The number of carbonyl (C=O) groups is 3. The van der Waals surface area contributed by atoms with Gasteiger partial charge in [-0.25, -0.2) is 0 Å². The number of nitrogens with two attached hydrogens (primary N) is 1. The Labute approximate surface area is 208 Å². The number of aliphatic hydroxyl groups excluding tert-OH is 1. The summed E-state index contributed by atoms with van der Waals surface area (Å²) >= 11 is -0.750. The van der Waals surface area contributed by atoms with Crippen LogP contribution in [0.3, 0.4) is 0 Å². The third-order valence-corrected chi connectivity index (χ3v) is 1.03. The van der Waals surface area contributed by atoms with Crippen LogP contribution in [0.5, 0.6) is 0 Å². The molecular weight excluding hydrogens is 384 g/mol. The Morgan fingerprint density at radius 1 is 1.43 bits per heavy atom. The molecule has 0 bridgehead atoms. The van der Waals surface area contributed by atoms with Crippen LogP contribution in [0.25, 0.3) is 0 Å². The summed E-state index contributed by atoms with van der Waals surface area (Å²) in [6.45, 7) is 4.33. The van der Waals surface area contributed by atoms with Gasteiger partial charge in [0.1, 0.15) is 6.79 Å². The van der Waals surface area contributed by atoms with Crippen molar-refractivity contribution in [3.8, 4) is 0 Å². The van der Waals surface area contributed by atoms with E-state index in [4.69, 9.17) is 34.6 Å². The molecule has 4 N–H and O–H groups in total. The van der Waals surface area contributed by atoms with Crippen LogP contribution in [0.2, 0.25) is 0 Å². The molecule has 0 spiro atoms. The van der Waals surface area contributed by atoms with Gasteiger partial charge in [0.2, 0.25) is 5.91 Å². The van der Waals surface area contributed by atoms with Crippen LogP contribution >= 0.6 is 12.3 Å². The first-order valence-electron chi connectivity index (χ1n) is 4.92. The van der Waals surface area contributed by atoms with Crippen molar-refractivity contribution in [3.05, 3.63) is 0 Å². The van der Waals surface area contributed by atoms with Crippen molar-refractivity contribution >= 4 is 91.8 Å². The minimum atomic E-state index is -1.08. The fourth-order valence-electron chi connectivity index (χ4n) is 0.565. The van der Waals surface area contributed by atoms with Gasteiger partial charge < -0.3 is 57.8 Å². The van der Waals surface area contributed by atoms with Gasteiger partial charge in [0.25, 0.3) is 0 Å². The minimum Gasteiger partial charge on any atom is -2.00 e. The zero-order valence-corrected chi connectivity index (χ0v) is 19.9. The largest absolute Gasteiger partial charge is 2.00 e. The Hall–Kier alpha value is 1.79. The molecule has 0 aromatic heterocycles. The number of carbonyl (C=O) groups excluding carboxylic acids is 3. The standard InChI is InChI=1S/C4H7NO.C2H7NO.C2H4O2.CH2O.Ca.Mg.Na.H2O2S.O/c6-4-2-1-3-5-4;3-1-2-4;1-2(3)4;1-2;;;;1-3-2;/h1-3H2,(H,5,6);4H,1-3H2;1H3,(H,3,4);1H2;;;;1-2H;/q;;;;2*+2;+1;;-2/p-3. The van der Waals surface area contributed by atoms with Crippen LogP contribution in [-0.4, -0.2) is 113 Å². The first-order valence-corrected chi connectivity index (χ1v) is 5.58. The third kappa shape index (κ3) is 118. The van der Waals surface area contributed by atoms with Crippen molar-refractivity contribution in [3.63, 3.8) is 0 Å². The van der Waals surface area contributed by atoms with Gasteiger partial charge in [0, 0.05) is 25.5 Å². The van der Waals surface area contributed by atoms with Crippen molar-refractivity contribution in [2.75, 3.05) is 19.7 Å². The Kier molecular flexibility index (Phi) is 122. The number of rotatable bonds is 1. The molecule has 1 fully saturated rings. The van der Waals surface area contributed by atoms with E-state index in [2.05, 4.69) is 5.32 Å². The number of hydrogen-bond acceptors (Lipinski definition) is 9. The summed E-state index contributed by atoms with van der Waals surface area (Å²) in [7, 11) is 0. The van der Waals surface area contributed by atoms with Crippen molar-refractivity contribution < 1.29 is 68.7 Å². The first-order chi connectivity index (χ1) is 8.95. The zero-order chi connectivity index (χ0) is 16.1. The molecule has 14 heteroatoms. The third-order valence-electron chi connectivity index (χ3n) is 1.03. The maximum atomic E-state index is 10.1. The Morgan fingerprint density at radius 3 is 1.74 bits per heavy atom. The molecule has 0 unspecified atom stereocenters. The number of amides is 1. The maximum absolute atomic E-state index is 10.1. The molecule has 0 aromatic carbocycles. The van der Waals surface area contributed by atoms with Gasteiger partial charge in [-0.3, -0.25) is 4.79 Å². The van der Waals surface area contributed by atoms with Crippen molar-refractivity contribution in [1.29, 1.82) is 0 Å². The fourth-order valence-corrected chi connectivity index (χ4v) is 0.565. The number of carboxylic acids is 1. The molecule has 10 nitrogen and oxygen atoms in total. The number of hydrogen-bond donors (Lipinski definition) is 3. The molecule has 1 amide bonds. The van der Waals surface area contributed by atoms with Gasteiger partial charge in [0.05, 0.1) is 6.61 Å². The Balaban J connectivity index is -0.0000000204. The molecule has 23 heavy (non-hydrogen) atoms. The number of aliphatic hydroxyl groups is 1. The van der Waals surface area contributed by atoms with Gasteiger partial charge >= 0.3 is 90.3 Å². The van der Waals surface area contributed by atoms with Crippen LogP contribution in [0.4, 0.5) is 0 Å². The average Bonchev–Trinajstić information content (AvgIpc) is 2.83. The smallest absolute Gasteiger partial charge is 2.00 e. The average molecular weight is 403 g/mol. The maximum Gasteiger partial charge on any atom is 2.00 e. The SMILES string of the molecule is C=O.CC(=O)[O-].NCCO.O=C1CCCN1.[Ca+2].[Mg+2].[Na+].[O-2].[O-]S[O-]. The zero-order valence-electron chi connectivity index (χ0n) is 13.4. The molecular formula is C9H19CaMgN2NaO8S. The van der Waals surface area contributed by atoms with Crippen LogP contribution < -0.4 is 45.7 Å².